The minimum absolute atomic E-state index is 0.0795. The first-order chi connectivity index (χ1) is 12.0. The van der Waals surface area contributed by atoms with E-state index in [9.17, 15) is 9.59 Å². The second-order valence-electron chi connectivity index (χ2n) is 6.55. The largest absolute Gasteiger partial charge is 0.340 e. The average molecular weight is 343 g/mol. The lowest BCUT2D eigenvalue weighted by atomic mass is 10.1. The summed E-state index contributed by atoms with van der Waals surface area (Å²) in [5, 5.41) is 5.66. The van der Waals surface area contributed by atoms with Gasteiger partial charge in [-0.25, -0.2) is 4.99 Å². The number of hydrogen-bond acceptors (Lipinski definition) is 5. The first-order valence-electron chi connectivity index (χ1n) is 8.76. The predicted molar refractivity (Wildman–Crippen MR) is 97.5 cm³/mol. The summed E-state index contributed by atoms with van der Waals surface area (Å²) in [6.45, 7) is 5.50. The number of nitrogens with one attached hydrogen (secondary N) is 2. The van der Waals surface area contributed by atoms with Gasteiger partial charge >= 0.3 is 0 Å². The van der Waals surface area contributed by atoms with E-state index in [0.717, 1.165) is 38.3 Å². The Morgan fingerprint density at radius 1 is 1.24 bits per heavy atom. The molecule has 1 saturated heterocycles. The normalized spacial score (nSPS) is 21.5. The summed E-state index contributed by atoms with van der Waals surface area (Å²) in [5.74, 6) is 0.113. The standard InChI is InChI=1S/C18H25N5O2/c1-3-13-4-6-14(7-5-13)19-17(25)15-12-16(24)21-18(20-15)23-10-8-22(2)9-11-23/h4-7,15H,3,8-12H2,1-2H3,(H,19,25)(H,20,21,24)/t15-/m0/s1. The second kappa shape index (κ2) is 7.65. The minimum atomic E-state index is -0.686. The Morgan fingerprint density at radius 3 is 2.56 bits per heavy atom. The van der Waals surface area contributed by atoms with Crippen molar-refractivity contribution in [3.05, 3.63) is 29.8 Å². The number of hydrogen-bond donors (Lipinski definition) is 2. The Bertz CT molecular complexity index is 663. The molecule has 2 heterocycles. The van der Waals surface area contributed by atoms with Gasteiger partial charge in [-0.05, 0) is 31.2 Å². The Morgan fingerprint density at radius 2 is 1.92 bits per heavy atom. The molecular weight excluding hydrogens is 318 g/mol. The highest BCUT2D eigenvalue weighted by Crippen LogP contribution is 2.14. The van der Waals surface area contributed by atoms with Gasteiger partial charge in [0, 0.05) is 31.9 Å². The number of aryl methyl sites for hydroxylation is 1. The zero-order chi connectivity index (χ0) is 17.8. The third kappa shape index (κ3) is 4.36. The molecule has 1 aromatic rings. The van der Waals surface area contributed by atoms with Crippen LogP contribution in [0.5, 0.6) is 0 Å². The van der Waals surface area contributed by atoms with E-state index >= 15 is 0 Å². The summed E-state index contributed by atoms with van der Waals surface area (Å²) in [4.78, 5) is 33.3. The Hall–Kier alpha value is -2.41. The highest BCUT2D eigenvalue weighted by atomic mass is 16.2. The third-order valence-corrected chi connectivity index (χ3v) is 4.64. The summed E-state index contributed by atoms with van der Waals surface area (Å²) in [7, 11) is 2.07. The van der Waals surface area contributed by atoms with Crippen LogP contribution in [0.1, 0.15) is 18.9 Å². The van der Waals surface area contributed by atoms with Crippen LogP contribution in [0.25, 0.3) is 0 Å². The number of benzene rings is 1. The first kappa shape index (κ1) is 17.4. The number of nitrogens with zero attached hydrogens (tertiary/aromatic N) is 3. The number of carbonyl (C=O) groups excluding carboxylic acids is 2. The molecule has 1 aromatic carbocycles. The topological polar surface area (TPSA) is 77.0 Å². The molecule has 7 nitrogen and oxygen atoms in total. The summed E-state index contributed by atoms with van der Waals surface area (Å²) in [6.07, 6.45) is 1.03. The van der Waals surface area contributed by atoms with Gasteiger partial charge in [-0.3, -0.25) is 14.9 Å². The van der Waals surface area contributed by atoms with E-state index in [1.54, 1.807) is 0 Å². The fourth-order valence-corrected chi connectivity index (χ4v) is 2.96. The number of carbonyl (C=O) groups is 2. The molecule has 1 fully saturated rings. The van der Waals surface area contributed by atoms with Gasteiger partial charge in [0.25, 0.3) is 0 Å². The Kier molecular flexibility index (Phi) is 5.33. The molecule has 0 spiro atoms. The molecule has 2 aliphatic rings. The maximum Gasteiger partial charge on any atom is 0.249 e. The average Bonchev–Trinajstić information content (AvgIpc) is 2.62. The quantitative estimate of drug-likeness (QED) is 0.846. The van der Waals surface area contributed by atoms with Crippen LogP contribution in [0.2, 0.25) is 0 Å². The maximum absolute atomic E-state index is 12.5. The fourth-order valence-electron chi connectivity index (χ4n) is 2.96. The van der Waals surface area contributed by atoms with Crippen molar-refractivity contribution >= 4 is 23.5 Å². The van der Waals surface area contributed by atoms with Gasteiger partial charge in [0.15, 0.2) is 0 Å². The highest BCUT2D eigenvalue weighted by Gasteiger charge is 2.30. The van der Waals surface area contributed by atoms with Crippen LogP contribution in [0, 0.1) is 0 Å². The van der Waals surface area contributed by atoms with Crippen molar-refractivity contribution in [1.82, 2.24) is 15.1 Å². The molecule has 2 amide bonds. The third-order valence-electron chi connectivity index (χ3n) is 4.64. The molecule has 0 bridgehead atoms. The van der Waals surface area contributed by atoms with Crippen LogP contribution in [-0.2, 0) is 16.0 Å². The molecule has 2 N–H and O–H groups in total. The zero-order valence-electron chi connectivity index (χ0n) is 14.8. The van der Waals surface area contributed by atoms with E-state index in [-0.39, 0.29) is 18.2 Å². The van der Waals surface area contributed by atoms with Crippen molar-refractivity contribution in [1.29, 1.82) is 0 Å². The lowest BCUT2D eigenvalue weighted by molar-refractivity contribution is -0.125. The minimum Gasteiger partial charge on any atom is -0.340 e. The molecule has 0 saturated carbocycles. The molecule has 3 rings (SSSR count). The van der Waals surface area contributed by atoms with Crippen molar-refractivity contribution in [3.63, 3.8) is 0 Å². The van der Waals surface area contributed by atoms with Gasteiger partial charge < -0.3 is 15.1 Å². The monoisotopic (exact) mass is 343 g/mol. The molecular formula is C18H25N5O2. The zero-order valence-corrected chi connectivity index (χ0v) is 14.8. The summed E-state index contributed by atoms with van der Waals surface area (Å²) >= 11 is 0. The van der Waals surface area contributed by atoms with E-state index in [1.165, 1.54) is 5.56 Å². The van der Waals surface area contributed by atoms with Crippen molar-refractivity contribution in [2.24, 2.45) is 4.99 Å². The number of amides is 2. The van der Waals surface area contributed by atoms with E-state index in [2.05, 4.69) is 34.5 Å². The van der Waals surface area contributed by atoms with Gasteiger partial charge in [0.2, 0.25) is 17.8 Å². The van der Waals surface area contributed by atoms with Crippen LogP contribution in [0.3, 0.4) is 0 Å². The van der Waals surface area contributed by atoms with Crippen molar-refractivity contribution in [3.8, 4) is 0 Å². The first-order valence-corrected chi connectivity index (χ1v) is 8.76. The number of piperazine rings is 1. The van der Waals surface area contributed by atoms with Crippen LogP contribution >= 0.6 is 0 Å². The summed E-state index contributed by atoms with van der Waals surface area (Å²) < 4.78 is 0. The molecule has 2 aliphatic heterocycles. The number of guanidine groups is 1. The molecule has 7 heteroatoms. The van der Waals surface area contributed by atoms with Crippen LogP contribution in [0.15, 0.2) is 29.3 Å². The lowest BCUT2D eigenvalue weighted by Gasteiger charge is -2.36. The van der Waals surface area contributed by atoms with Gasteiger partial charge in [-0.2, -0.15) is 0 Å². The molecule has 0 radical (unpaired) electrons. The maximum atomic E-state index is 12.5. The molecule has 134 valence electrons. The van der Waals surface area contributed by atoms with Gasteiger partial charge in [0.05, 0.1) is 6.42 Å². The molecule has 25 heavy (non-hydrogen) atoms. The van der Waals surface area contributed by atoms with E-state index < -0.39 is 6.04 Å². The van der Waals surface area contributed by atoms with Crippen LogP contribution in [0.4, 0.5) is 5.69 Å². The van der Waals surface area contributed by atoms with E-state index in [4.69, 9.17) is 0 Å². The summed E-state index contributed by atoms with van der Waals surface area (Å²) in [5.41, 5.74) is 1.94. The van der Waals surface area contributed by atoms with Crippen LogP contribution < -0.4 is 10.6 Å². The Labute approximate surface area is 148 Å². The highest BCUT2D eigenvalue weighted by molar-refractivity contribution is 6.05. The van der Waals surface area contributed by atoms with Crippen molar-refractivity contribution in [2.45, 2.75) is 25.8 Å². The SMILES string of the molecule is CCc1ccc(NC(=O)[C@@H]2CC(=O)NC(N3CCN(C)CC3)=N2)cc1. The number of likely N-dealkylation sites (N-methyl/N-ethyl adjacent to an activating group) is 1. The van der Waals surface area contributed by atoms with Gasteiger partial charge in [-0.15, -0.1) is 0 Å². The molecule has 1 atom stereocenters. The smallest absolute Gasteiger partial charge is 0.249 e. The number of rotatable bonds is 3. The van der Waals surface area contributed by atoms with Crippen LogP contribution in [-0.4, -0.2) is 66.8 Å². The fraction of sp³-hybridized carbons (Fsp3) is 0.500. The van der Waals surface area contributed by atoms with Crippen molar-refractivity contribution in [2.75, 3.05) is 38.5 Å². The lowest BCUT2D eigenvalue weighted by Crippen LogP contribution is -2.55. The van der Waals surface area contributed by atoms with E-state index in [0.29, 0.717) is 5.96 Å². The number of aliphatic imine (C=N–C) groups is 1. The predicted octanol–water partition coefficient (Wildman–Crippen LogP) is 0.679. The molecule has 0 aliphatic carbocycles. The molecule has 0 aromatic heterocycles. The number of anilines is 1. The van der Waals surface area contributed by atoms with Gasteiger partial charge in [0.1, 0.15) is 6.04 Å². The Balaban J connectivity index is 1.67. The summed E-state index contributed by atoms with van der Waals surface area (Å²) in [6, 6.07) is 7.05. The van der Waals surface area contributed by atoms with Gasteiger partial charge in [-0.1, -0.05) is 19.1 Å². The second-order valence-corrected chi connectivity index (χ2v) is 6.55. The van der Waals surface area contributed by atoms with Crippen molar-refractivity contribution < 1.29 is 9.59 Å². The molecule has 0 unspecified atom stereocenters. The van der Waals surface area contributed by atoms with E-state index in [1.807, 2.05) is 29.2 Å².